The first-order chi connectivity index (χ1) is 10.3. The summed E-state index contributed by atoms with van der Waals surface area (Å²) in [5.41, 5.74) is 1.05. The average molecular weight is 297 g/mol. The quantitative estimate of drug-likeness (QED) is 0.636. The van der Waals surface area contributed by atoms with Crippen LogP contribution in [0.5, 0.6) is 17.2 Å². The molecule has 0 saturated carbocycles. The smallest absolute Gasteiger partial charge is 0.164 e. The lowest BCUT2D eigenvalue weighted by Crippen LogP contribution is -2.17. The van der Waals surface area contributed by atoms with Crippen molar-refractivity contribution in [3.8, 4) is 17.2 Å². The van der Waals surface area contributed by atoms with Crippen molar-refractivity contribution in [2.24, 2.45) is 0 Å². The van der Waals surface area contributed by atoms with Gasteiger partial charge in [-0.15, -0.1) is 0 Å². The molecule has 0 atom stereocenters. The molecule has 120 valence electrons. The van der Waals surface area contributed by atoms with Crippen molar-refractivity contribution in [2.45, 2.75) is 26.3 Å². The van der Waals surface area contributed by atoms with E-state index >= 15 is 0 Å². The van der Waals surface area contributed by atoms with E-state index in [0.717, 1.165) is 50.5 Å². The average Bonchev–Trinajstić information content (AvgIpc) is 2.53. The highest BCUT2D eigenvalue weighted by Gasteiger charge is 2.11. The van der Waals surface area contributed by atoms with Crippen molar-refractivity contribution in [1.29, 1.82) is 0 Å². The fourth-order valence-electron chi connectivity index (χ4n) is 2.00. The van der Waals surface area contributed by atoms with Crippen LogP contribution in [0.15, 0.2) is 12.1 Å². The number of benzene rings is 1. The Labute approximate surface area is 127 Å². The Hall–Kier alpha value is -1.46. The van der Waals surface area contributed by atoms with Crippen LogP contribution in [0.25, 0.3) is 0 Å². The van der Waals surface area contributed by atoms with Gasteiger partial charge in [-0.25, -0.2) is 0 Å². The van der Waals surface area contributed by atoms with Gasteiger partial charge in [0, 0.05) is 31.4 Å². The zero-order chi connectivity index (χ0) is 15.5. The fourth-order valence-corrected chi connectivity index (χ4v) is 2.00. The van der Waals surface area contributed by atoms with Gasteiger partial charge in [0.2, 0.25) is 0 Å². The molecule has 0 aliphatic heterocycles. The highest BCUT2D eigenvalue weighted by molar-refractivity contribution is 5.50. The van der Waals surface area contributed by atoms with Gasteiger partial charge in [0.25, 0.3) is 0 Å². The van der Waals surface area contributed by atoms with Gasteiger partial charge >= 0.3 is 0 Å². The van der Waals surface area contributed by atoms with Crippen LogP contribution in [0.3, 0.4) is 0 Å². The third kappa shape index (κ3) is 5.81. The predicted octanol–water partition coefficient (Wildman–Crippen LogP) is 2.62. The van der Waals surface area contributed by atoms with Crippen LogP contribution in [0, 0.1) is 0 Å². The van der Waals surface area contributed by atoms with Crippen LogP contribution < -0.4 is 19.5 Å². The first-order valence-electron chi connectivity index (χ1n) is 7.34. The van der Waals surface area contributed by atoms with Crippen molar-refractivity contribution >= 4 is 0 Å². The van der Waals surface area contributed by atoms with E-state index in [4.69, 9.17) is 18.9 Å². The van der Waals surface area contributed by atoms with Gasteiger partial charge in [0.15, 0.2) is 11.5 Å². The third-order valence-electron chi connectivity index (χ3n) is 3.09. The van der Waals surface area contributed by atoms with E-state index in [1.807, 2.05) is 12.1 Å². The van der Waals surface area contributed by atoms with Gasteiger partial charge in [0.1, 0.15) is 5.75 Å². The molecule has 0 spiro atoms. The van der Waals surface area contributed by atoms with Crippen LogP contribution in [0.2, 0.25) is 0 Å². The second-order valence-corrected chi connectivity index (χ2v) is 4.66. The zero-order valence-corrected chi connectivity index (χ0v) is 13.5. The van der Waals surface area contributed by atoms with E-state index in [9.17, 15) is 0 Å². The number of methoxy groups -OCH3 is 3. The van der Waals surface area contributed by atoms with Gasteiger partial charge in [-0.1, -0.05) is 6.92 Å². The molecule has 0 aliphatic rings. The molecule has 0 fully saturated rings. The molecular formula is C16H27NO4. The number of ether oxygens (including phenoxy) is 4. The first-order valence-corrected chi connectivity index (χ1v) is 7.34. The Morgan fingerprint density at radius 2 is 1.57 bits per heavy atom. The molecule has 0 aliphatic carbocycles. The minimum atomic E-state index is 0.672. The molecule has 5 nitrogen and oxygen atoms in total. The molecule has 0 radical (unpaired) electrons. The summed E-state index contributed by atoms with van der Waals surface area (Å²) in [6, 6.07) is 3.79. The summed E-state index contributed by atoms with van der Waals surface area (Å²) in [6.07, 6.45) is 2.06. The Morgan fingerprint density at radius 1 is 0.905 bits per heavy atom. The number of hydrogen-bond acceptors (Lipinski definition) is 5. The van der Waals surface area contributed by atoms with Crippen LogP contribution in [0.1, 0.15) is 25.3 Å². The molecule has 1 N–H and O–H groups in total. The van der Waals surface area contributed by atoms with Crippen LogP contribution in [0.4, 0.5) is 0 Å². The summed E-state index contributed by atoms with van der Waals surface area (Å²) < 4.78 is 21.4. The van der Waals surface area contributed by atoms with Crippen molar-refractivity contribution in [2.75, 3.05) is 41.1 Å². The molecule has 0 bridgehead atoms. The van der Waals surface area contributed by atoms with E-state index in [-0.39, 0.29) is 0 Å². The summed E-state index contributed by atoms with van der Waals surface area (Å²) in [7, 11) is 4.90. The Kier molecular flexibility index (Phi) is 8.62. The molecule has 21 heavy (non-hydrogen) atoms. The van der Waals surface area contributed by atoms with Crippen molar-refractivity contribution in [1.82, 2.24) is 5.32 Å². The minimum Gasteiger partial charge on any atom is -0.496 e. The maximum Gasteiger partial charge on any atom is 0.164 e. The zero-order valence-electron chi connectivity index (χ0n) is 13.5. The molecule has 1 aromatic rings. The lowest BCUT2D eigenvalue weighted by Gasteiger charge is -2.14. The van der Waals surface area contributed by atoms with Gasteiger partial charge in [-0.2, -0.15) is 0 Å². The standard InChI is InChI=1S/C16H27NO4/c1-5-8-21-9-6-7-17-12-13-10-15(19-3)16(20-4)11-14(13)18-2/h10-11,17H,5-9,12H2,1-4H3. The van der Waals surface area contributed by atoms with E-state index in [1.165, 1.54) is 0 Å². The van der Waals surface area contributed by atoms with Crippen LogP contribution in [-0.4, -0.2) is 41.1 Å². The second-order valence-electron chi connectivity index (χ2n) is 4.66. The monoisotopic (exact) mass is 297 g/mol. The summed E-state index contributed by atoms with van der Waals surface area (Å²) >= 11 is 0. The molecule has 1 rings (SSSR count). The molecule has 5 heteroatoms. The van der Waals surface area contributed by atoms with Gasteiger partial charge in [-0.05, 0) is 25.5 Å². The highest BCUT2D eigenvalue weighted by atomic mass is 16.5. The summed E-state index contributed by atoms with van der Waals surface area (Å²) in [4.78, 5) is 0. The van der Waals surface area contributed by atoms with E-state index < -0.39 is 0 Å². The minimum absolute atomic E-state index is 0.672. The van der Waals surface area contributed by atoms with Crippen LogP contribution >= 0.6 is 0 Å². The molecule has 0 aromatic heterocycles. The molecule has 1 aromatic carbocycles. The maximum atomic E-state index is 5.45. The van der Waals surface area contributed by atoms with Gasteiger partial charge in [-0.3, -0.25) is 0 Å². The molecule has 0 unspecified atom stereocenters. The van der Waals surface area contributed by atoms with Crippen molar-refractivity contribution in [3.63, 3.8) is 0 Å². The Balaban J connectivity index is 2.49. The maximum absolute atomic E-state index is 5.45. The largest absolute Gasteiger partial charge is 0.496 e. The van der Waals surface area contributed by atoms with E-state index in [1.54, 1.807) is 21.3 Å². The van der Waals surface area contributed by atoms with Gasteiger partial charge < -0.3 is 24.3 Å². The summed E-state index contributed by atoms with van der Waals surface area (Å²) in [5.74, 6) is 2.18. The van der Waals surface area contributed by atoms with Crippen molar-refractivity contribution in [3.05, 3.63) is 17.7 Å². The number of nitrogens with one attached hydrogen (secondary N) is 1. The molecule has 0 amide bonds. The number of hydrogen-bond donors (Lipinski definition) is 1. The van der Waals surface area contributed by atoms with E-state index in [0.29, 0.717) is 11.5 Å². The normalized spacial score (nSPS) is 10.5. The predicted molar refractivity (Wildman–Crippen MR) is 83.5 cm³/mol. The second kappa shape index (κ2) is 10.3. The Bertz CT molecular complexity index is 410. The fraction of sp³-hybridized carbons (Fsp3) is 0.625. The first kappa shape index (κ1) is 17.6. The topological polar surface area (TPSA) is 49.0 Å². The SMILES string of the molecule is CCCOCCCNCc1cc(OC)c(OC)cc1OC. The summed E-state index contributed by atoms with van der Waals surface area (Å²) in [6.45, 7) is 5.37. The van der Waals surface area contributed by atoms with Crippen LogP contribution in [-0.2, 0) is 11.3 Å². The number of rotatable bonds is 11. The lowest BCUT2D eigenvalue weighted by molar-refractivity contribution is 0.132. The highest BCUT2D eigenvalue weighted by Crippen LogP contribution is 2.34. The lowest BCUT2D eigenvalue weighted by atomic mass is 10.1. The molecule has 0 heterocycles. The Morgan fingerprint density at radius 3 is 2.19 bits per heavy atom. The van der Waals surface area contributed by atoms with Gasteiger partial charge in [0.05, 0.1) is 21.3 Å². The third-order valence-corrected chi connectivity index (χ3v) is 3.09. The molecule has 0 saturated heterocycles. The van der Waals surface area contributed by atoms with Crippen molar-refractivity contribution < 1.29 is 18.9 Å². The molecular weight excluding hydrogens is 270 g/mol. The van der Waals surface area contributed by atoms with E-state index in [2.05, 4.69) is 12.2 Å². The summed E-state index contributed by atoms with van der Waals surface area (Å²) in [5, 5.41) is 3.39.